The molecule has 0 aliphatic carbocycles. The molecule has 13 heteroatoms. The molecule has 1 unspecified atom stereocenters. The number of amides is 1. The molecule has 1 aromatic heterocycles. The summed E-state index contributed by atoms with van der Waals surface area (Å²) < 4.78 is 12.2. The summed E-state index contributed by atoms with van der Waals surface area (Å²) in [4.78, 5) is 24.7. The van der Waals surface area contributed by atoms with E-state index in [2.05, 4.69) is 10.4 Å². The molecule has 0 aromatic carbocycles. The summed E-state index contributed by atoms with van der Waals surface area (Å²) in [5.41, 5.74) is 15.8. The number of nitrogens with one attached hydrogen (secondary N) is 1. The predicted molar refractivity (Wildman–Crippen MR) is 135 cm³/mol. The number of carbonyl (C=O) groups is 2. The molecule has 0 saturated carbocycles. The van der Waals surface area contributed by atoms with Crippen molar-refractivity contribution in [2.24, 2.45) is 34.1 Å². The standard InChI is InChI=1S/C24H37N7O6/c1-6-14(30-22(34)18(27)12(2)3)15-7-8-17(31(15)29-11-26)24(10-25)21(33)20(32)16(37-24)9-36-23(35)19(28)13(4)5/h6-8,11-13,16,18-21,32-33H,9,27-28H2,1-5H3,(H2,26,29)(H,30,34)/b14-6+/t16-,18?,19+,20-,21-,24+/m1/s1. The van der Waals surface area contributed by atoms with Gasteiger partial charge < -0.3 is 42.2 Å². The molecule has 2 heterocycles. The van der Waals surface area contributed by atoms with Crippen LogP contribution in [-0.2, 0) is 24.7 Å². The number of aliphatic hydroxyl groups is 2. The third kappa shape index (κ3) is 6.00. The number of allylic oxidation sites excluding steroid dienone is 1. The van der Waals surface area contributed by atoms with Gasteiger partial charge in [0.1, 0.15) is 43.4 Å². The van der Waals surface area contributed by atoms with Gasteiger partial charge in [0.15, 0.2) is 0 Å². The van der Waals surface area contributed by atoms with Gasteiger partial charge in [-0.25, -0.2) is 4.68 Å². The second kappa shape index (κ2) is 12.3. The number of nitriles is 1. The monoisotopic (exact) mass is 519 g/mol. The van der Waals surface area contributed by atoms with Crippen molar-refractivity contribution in [2.45, 2.75) is 70.6 Å². The second-order valence-electron chi connectivity index (χ2n) is 9.48. The molecule has 204 valence electrons. The fourth-order valence-corrected chi connectivity index (χ4v) is 3.76. The largest absolute Gasteiger partial charge is 0.462 e. The molecule has 6 atom stereocenters. The Hall–Kier alpha value is -3.28. The number of nitrogens with zero attached hydrogens (tertiary/aromatic N) is 3. The summed E-state index contributed by atoms with van der Waals surface area (Å²) in [5.74, 6) is -1.44. The van der Waals surface area contributed by atoms with Crippen LogP contribution < -0.4 is 22.5 Å². The van der Waals surface area contributed by atoms with E-state index in [0.717, 1.165) is 6.34 Å². The third-order valence-electron chi connectivity index (χ3n) is 6.27. The first-order valence-electron chi connectivity index (χ1n) is 11.9. The van der Waals surface area contributed by atoms with E-state index in [1.54, 1.807) is 26.8 Å². The van der Waals surface area contributed by atoms with Gasteiger partial charge in [0, 0.05) is 0 Å². The van der Waals surface area contributed by atoms with Gasteiger partial charge in [-0.2, -0.15) is 10.4 Å². The quantitative estimate of drug-likeness (QED) is 0.126. The van der Waals surface area contributed by atoms with Gasteiger partial charge in [-0.3, -0.25) is 9.59 Å². The van der Waals surface area contributed by atoms with Crippen molar-refractivity contribution in [1.82, 2.24) is 9.99 Å². The molecule has 0 spiro atoms. The SMILES string of the molecule is C/C=C(/NC(=O)C(N)C(C)C)c1ccc([C@]2(C#N)O[C@H](COC(=O)[C@@H](N)C(C)C)[C@@H](O)[C@H]2O)n1/N=C\N. The Balaban J connectivity index is 2.42. The average Bonchev–Trinajstić information content (AvgIpc) is 3.39. The third-order valence-corrected chi connectivity index (χ3v) is 6.27. The van der Waals surface area contributed by atoms with E-state index in [1.165, 1.54) is 16.8 Å². The van der Waals surface area contributed by atoms with E-state index >= 15 is 0 Å². The number of rotatable bonds is 10. The minimum atomic E-state index is -2.11. The van der Waals surface area contributed by atoms with Gasteiger partial charge in [0.05, 0.1) is 23.1 Å². The van der Waals surface area contributed by atoms with E-state index < -0.39 is 54.5 Å². The van der Waals surface area contributed by atoms with Gasteiger partial charge in [0.25, 0.3) is 0 Å². The molecular formula is C24H37N7O6. The lowest BCUT2D eigenvalue weighted by Gasteiger charge is -2.26. The summed E-state index contributed by atoms with van der Waals surface area (Å²) in [6.07, 6.45) is -2.00. The molecule has 9 N–H and O–H groups in total. The Morgan fingerprint density at radius 2 is 1.89 bits per heavy atom. The van der Waals surface area contributed by atoms with Crippen LogP contribution in [0.15, 0.2) is 23.3 Å². The maximum absolute atomic E-state index is 12.6. The van der Waals surface area contributed by atoms with Crippen LogP contribution in [-0.4, -0.2) is 70.1 Å². The van der Waals surface area contributed by atoms with E-state index in [-0.39, 0.29) is 17.5 Å². The predicted octanol–water partition coefficient (Wildman–Crippen LogP) is -0.936. The van der Waals surface area contributed by atoms with Crippen LogP contribution in [0.5, 0.6) is 0 Å². The lowest BCUT2D eigenvalue weighted by atomic mass is 9.92. The molecular weight excluding hydrogens is 482 g/mol. The van der Waals surface area contributed by atoms with E-state index in [0.29, 0.717) is 11.4 Å². The molecule has 1 fully saturated rings. The van der Waals surface area contributed by atoms with Crippen molar-refractivity contribution in [3.63, 3.8) is 0 Å². The van der Waals surface area contributed by atoms with Crippen LogP contribution in [0.3, 0.4) is 0 Å². The first-order valence-corrected chi connectivity index (χ1v) is 11.9. The van der Waals surface area contributed by atoms with Gasteiger partial charge in [-0.05, 0) is 30.9 Å². The van der Waals surface area contributed by atoms with Crippen LogP contribution in [0, 0.1) is 23.2 Å². The van der Waals surface area contributed by atoms with Crippen LogP contribution in [0.25, 0.3) is 5.70 Å². The molecule has 1 saturated heterocycles. The normalized spacial score (nSPS) is 25.9. The maximum atomic E-state index is 12.6. The van der Waals surface area contributed by atoms with Crippen molar-refractivity contribution in [1.29, 1.82) is 5.26 Å². The number of hydrogen-bond acceptors (Lipinski definition) is 10. The molecule has 2 rings (SSSR count). The van der Waals surface area contributed by atoms with Gasteiger partial charge >= 0.3 is 5.97 Å². The van der Waals surface area contributed by atoms with Crippen molar-refractivity contribution in [3.05, 3.63) is 29.6 Å². The first kappa shape index (κ1) is 29.9. The summed E-state index contributed by atoms with van der Waals surface area (Å²) in [7, 11) is 0. The average molecular weight is 520 g/mol. The number of esters is 1. The number of hydrogen-bond donors (Lipinski definition) is 6. The number of nitrogens with two attached hydrogens (primary N) is 3. The number of aliphatic hydroxyl groups excluding tert-OH is 2. The summed E-state index contributed by atoms with van der Waals surface area (Å²) in [6.45, 7) is 8.35. The first-order chi connectivity index (χ1) is 17.4. The Labute approximate surface area is 215 Å². The van der Waals surface area contributed by atoms with Crippen LogP contribution in [0.4, 0.5) is 0 Å². The zero-order valence-corrected chi connectivity index (χ0v) is 21.7. The van der Waals surface area contributed by atoms with Crippen molar-refractivity contribution >= 4 is 23.9 Å². The molecule has 1 aliphatic heterocycles. The van der Waals surface area contributed by atoms with Gasteiger partial charge in [-0.1, -0.05) is 33.8 Å². The number of aromatic nitrogens is 1. The van der Waals surface area contributed by atoms with Crippen LogP contribution in [0.1, 0.15) is 46.0 Å². The van der Waals surface area contributed by atoms with Crippen molar-refractivity contribution in [3.8, 4) is 6.07 Å². The van der Waals surface area contributed by atoms with E-state index in [1.807, 2.05) is 19.9 Å². The molecule has 0 bridgehead atoms. The molecule has 1 aliphatic rings. The lowest BCUT2D eigenvalue weighted by molar-refractivity contribution is -0.153. The highest BCUT2D eigenvalue weighted by atomic mass is 16.6. The Bertz CT molecular complexity index is 1080. The lowest BCUT2D eigenvalue weighted by Crippen LogP contribution is -2.43. The molecule has 1 amide bonds. The molecule has 0 radical (unpaired) electrons. The zero-order chi connectivity index (χ0) is 28.1. The fraction of sp³-hybridized carbons (Fsp3) is 0.583. The Morgan fingerprint density at radius 1 is 1.27 bits per heavy atom. The Kier molecular flexibility index (Phi) is 9.96. The van der Waals surface area contributed by atoms with Gasteiger partial charge in [-0.15, -0.1) is 0 Å². The van der Waals surface area contributed by atoms with Crippen LogP contribution >= 0.6 is 0 Å². The minimum absolute atomic E-state index is 0.0210. The highest BCUT2D eigenvalue weighted by molar-refractivity contribution is 5.90. The Morgan fingerprint density at radius 3 is 2.41 bits per heavy atom. The number of ether oxygens (including phenoxy) is 2. The van der Waals surface area contributed by atoms with Crippen LogP contribution in [0.2, 0.25) is 0 Å². The smallest absolute Gasteiger partial charge is 0.323 e. The summed E-state index contributed by atoms with van der Waals surface area (Å²) in [6, 6.07) is 3.24. The highest BCUT2D eigenvalue weighted by Crippen LogP contribution is 2.41. The topological polar surface area (TPSA) is 224 Å². The fourth-order valence-electron chi connectivity index (χ4n) is 3.76. The summed E-state index contributed by atoms with van der Waals surface area (Å²) >= 11 is 0. The minimum Gasteiger partial charge on any atom is -0.462 e. The highest BCUT2D eigenvalue weighted by Gasteiger charge is 2.58. The van der Waals surface area contributed by atoms with E-state index in [4.69, 9.17) is 26.7 Å². The van der Waals surface area contributed by atoms with Crippen molar-refractivity contribution < 1.29 is 29.3 Å². The summed E-state index contributed by atoms with van der Waals surface area (Å²) in [5, 5.41) is 38.5. The molecule has 13 nitrogen and oxygen atoms in total. The van der Waals surface area contributed by atoms with Crippen molar-refractivity contribution in [2.75, 3.05) is 6.61 Å². The van der Waals surface area contributed by atoms with E-state index in [9.17, 15) is 25.1 Å². The number of carbonyl (C=O) groups excluding carboxylic acids is 2. The molecule has 37 heavy (non-hydrogen) atoms. The maximum Gasteiger partial charge on any atom is 0.323 e. The second-order valence-corrected chi connectivity index (χ2v) is 9.48. The molecule has 1 aromatic rings. The van der Waals surface area contributed by atoms with Gasteiger partial charge in [0.2, 0.25) is 11.5 Å². The zero-order valence-electron chi connectivity index (χ0n) is 21.7.